The standard InChI is InChI=1S/C23H27N5/c1-13-10-14(2)21(15(3)11-13)28-19-9-7-6-8-18(19)20-22(25-12-16(4)24)26-17(5)27-23(20)28/h6-11,16H,12,24H2,1-5H3,(H,25,26,27). The van der Waals surface area contributed by atoms with Crippen molar-refractivity contribution < 1.29 is 0 Å². The fourth-order valence-electron chi connectivity index (χ4n) is 4.10. The zero-order valence-corrected chi connectivity index (χ0v) is 17.2. The van der Waals surface area contributed by atoms with Crippen LogP contribution in [0.25, 0.3) is 27.6 Å². The summed E-state index contributed by atoms with van der Waals surface area (Å²) in [6.45, 7) is 11.1. The Labute approximate surface area is 165 Å². The fourth-order valence-corrected chi connectivity index (χ4v) is 4.10. The van der Waals surface area contributed by atoms with Crippen LogP contribution in [0.4, 0.5) is 5.82 Å². The molecule has 0 spiro atoms. The van der Waals surface area contributed by atoms with Gasteiger partial charge in [-0.3, -0.25) is 4.57 Å². The molecule has 144 valence electrons. The van der Waals surface area contributed by atoms with E-state index >= 15 is 0 Å². The molecule has 4 rings (SSSR count). The highest BCUT2D eigenvalue weighted by atomic mass is 15.1. The van der Waals surface area contributed by atoms with E-state index in [2.05, 4.69) is 67.1 Å². The number of hydrogen-bond donors (Lipinski definition) is 2. The number of benzene rings is 2. The predicted molar refractivity (Wildman–Crippen MR) is 117 cm³/mol. The second kappa shape index (κ2) is 6.91. The molecule has 1 atom stereocenters. The van der Waals surface area contributed by atoms with Gasteiger partial charge < -0.3 is 11.1 Å². The fraction of sp³-hybridized carbons (Fsp3) is 0.304. The Morgan fingerprint density at radius 1 is 1.04 bits per heavy atom. The summed E-state index contributed by atoms with van der Waals surface area (Å²) in [6.07, 6.45) is 0. The van der Waals surface area contributed by atoms with Crippen LogP contribution in [0.5, 0.6) is 0 Å². The van der Waals surface area contributed by atoms with E-state index in [1.54, 1.807) is 0 Å². The normalized spacial score (nSPS) is 12.6. The van der Waals surface area contributed by atoms with Crippen LogP contribution in [0.3, 0.4) is 0 Å². The molecule has 0 saturated carbocycles. The Bertz CT molecular complexity index is 1160. The topological polar surface area (TPSA) is 68.8 Å². The van der Waals surface area contributed by atoms with E-state index < -0.39 is 0 Å². The average molecular weight is 374 g/mol. The first-order valence-corrected chi connectivity index (χ1v) is 9.72. The lowest BCUT2D eigenvalue weighted by Crippen LogP contribution is -2.25. The van der Waals surface area contributed by atoms with Gasteiger partial charge in [-0.2, -0.15) is 0 Å². The number of nitrogens with two attached hydrogens (primary N) is 1. The number of para-hydroxylation sites is 1. The highest BCUT2D eigenvalue weighted by Gasteiger charge is 2.20. The molecule has 0 fully saturated rings. The largest absolute Gasteiger partial charge is 0.368 e. The Morgan fingerprint density at radius 3 is 2.39 bits per heavy atom. The first kappa shape index (κ1) is 18.4. The van der Waals surface area contributed by atoms with Gasteiger partial charge in [0.15, 0.2) is 5.65 Å². The van der Waals surface area contributed by atoms with E-state index in [1.165, 1.54) is 22.4 Å². The number of hydrogen-bond acceptors (Lipinski definition) is 4. The average Bonchev–Trinajstić information content (AvgIpc) is 2.93. The number of rotatable bonds is 4. The molecular weight excluding hydrogens is 346 g/mol. The Hall–Kier alpha value is -2.92. The summed E-state index contributed by atoms with van der Waals surface area (Å²) in [6, 6.07) is 12.9. The van der Waals surface area contributed by atoms with Gasteiger partial charge in [-0.05, 0) is 51.8 Å². The molecule has 0 radical (unpaired) electrons. The molecule has 0 saturated heterocycles. The Kier molecular flexibility index (Phi) is 4.55. The molecule has 0 aliphatic carbocycles. The number of nitrogens with one attached hydrogen (secondary N) is 1. The third-order valence-corrected chi connectivity index (χ3v) is 5.08. The van der Waals surface area contributed by atoms with Crippen molar-refractivity contribution in [1.82, 2.24) is 14.5 Å². The van der Waals surface area contributed by atoms with Gasteiger partial charge in [0.1, 0.15) is 11.6 Å². The van der Waals surface area contributed by atoms with E-state index in [1.807, 2.05) is 13.8 Å². The first-order valence-electron chi connectivity index (χ1n) is 9.72. The predicted octanol–water partition coefficient (Wildman–Crippen LogP) is 4.57. The zero-order chi connectivity index (χ0) is 20.0. The van der Waals surface area contributed by atoms with Gasteiger partial charge in [-0.25, -0.2) is 9.97 Å². The molecule has 3 N–H and O–H groups in total. The SMILES string of the molecule is Cc1cc(C)c(-n2c3ccccc3c3c(NCC(C)N)nc(C)nc32)c(C)c1. The summed E-state index contributed by atoms with van der Waals surface area (Å²) in [5.74, 6) is 1.59. The molecule has 2 aromatic carbocycles. The molecule has 1 unspecified atom stereocenters. The van der Waals surface area contributed by atoms with Gasteiger partial charge in [-0.1, -0.05) is 35.9 Å². The summed E-state index contributed by atoms with van der Waals surface area (Å²) in [5, 5.41) is 5.62. The van der Waals surface area contributed by atoms with Crippen LogP contribution < -0.4 is 11.1 Å². The van der Waals surface area contributed by atoms with Crippen LogP contribution in [0.2, 0.25) is 0 Å². The van der Waals surface area contributed by atoms with Crippen LogP contribution in [0, 0.1) is 27.7 Å². The lowest BCUT2D eigenvalue weighted by Gasteiger charge is -2.15. The summed E-state index contributed by atoms with van der Waals surface area (Å²) in [7, 11) is 0. The number of aryl methyl sites for hydroxylation is 4. The van der Waals surface area contributed by atoms with E-state index in [9.17, 15) is 0 Å². The molecule has 0 bridgehead atoms. The molecule has 5 heteroatoms. The van der Waals surface area contributed by atoms with E-state index in [0.29, 0.717) is 6.54 Å². The molecule has 2 heterocycles. The number of aromatic nitrogens is 3. The van der Waals surface area contributed by atoms with Gasteiger partial charge in [0.2, 0.25) is 0 Å². The maximum Gasteiger partial charge on any atom is 0.151 e. The highest BCUT2D eigenvalue weighted by Crippen LogP contribution is 2.36. The summed E-state index contributed by atoms with van der Waals surface area (Å²) < 4.78 is 2.28. The molecule has 2 aromatic heterocycles. The molecule has 5 nitrogen and oxygen atoms in total. The van der Waals surface area contributed by atoms with E-state index in [4.69, 9.17) is 15.7 Å². The van der Waals surface area contributed by atoms with E-state index in [-0.39, 0.29) is 6.04 Å². The number of fused-ring (bicyclic) bond motifs is 3. The number of anilines is 1. The van der Waals surface area contributed by atoms with Gasteiger partial charge in [0.25, 0.3) is 0 Å². The summed E-state index contributed by atoms with van der Waals surface area (Å²) >= 11 is 0. The minimum absolute atomic E-state index is 0.0419. The second-order valence-electron chi connectivity index (χ2n) is 7.78. The first-order chi connectivity index (χ1) is 13.4. The van der Waals surface area contributed by atoms with Gasteiger partial charge in [0, 0.05) is 18.0 Å². The monoisotopic (exact) mass is 373 g/mol. The van der Waals surface area contributed by atoms with Crippen molar-refractivity contribution in [2.24, 2.45) is 5.73 Å². The molecular formula is C23H27N5. The minimum atomic E-state index is 0.0419. The van der Waals surface area contributed by atoms with Gasteiger partial charge in [-0.15, -0.1) is 0 Å². The second-order valence-corrected chi connectivity index (χ2v) is 7.78. The Balaban J connectivity index is 2.12. The highest BCUT2D eigenvalue weighted by molar-refractivity contribution is 6.13. The van der Waals surface area contributed by atoms with Crippen molar-refractivity contribution in [2.45, 2.75) is 40.7 Å². The Morgan fingerprint density at radius 2 is 1.71 bits per heavy atom. The van der Waals surface area contributed by atoms with Crippen molar-refractivity contribution >= 4 is 27.8 Å². The van der Waals surface area contributed by atoms with Crippen molar-refractivity contribution in [3.8, 4) is 5.69 Å². The molecule has 28 heavy (non-hydrogen) atoms. The van der Waals surface area contributed by atoms with Crippen molar-refractivity contribution in [1.29, 1.82) is 0 Å². The van der Waals surface area contributed by atoms with Gasteiger partial charge in [0.05, 0.1) is 16.6 Å². The van der Waals surface area contributed by atoms with Crippen molar-refractivity contribution in [3.05, 3.63) is 58.9 Å². The quantitative estimate of drug-likeness (QED) is 0.550. The summed E-state index contributed by atoms with van der Waals surface area (Å²) in [4.78, 5) is 9.56. The third-order valence-electron chi connectivity index (χ3n) is 5.08. The lowest BCUT2D eigenvalue weighted by molar-refractivity contribution is 0.777. The molecule has 0 aliphatic rings. The van der Waals surface area contributed by atoms with Crippen LogP contribution in [0.1, 0.15) is 29.4 Å². The maximum atomic E-state index is 5.97. The minimum Gasteiger partial charge on any atom is -0.368 e. The van der Waals surface area contributed by atoms with Crippen LogP contribution >= 0.6 is 0 Å². The smallest absolute Gasteiger partial charge is 0.151 e. The molecule has 4 aromatic rings. The summed E-state index contributed by atoms with van der Waals surface area (Å²) in [5.41, 5.74) is 13.0. The van der Waals surface area contributed by atoms with Crippen molar-refractivity contribution in [2.75, 3.05) is 11.9 Å². The molecule has 0 aliphatic heterocycles. The number of nitrogens with zero attached hydrogens (tertiary/aromatic N) is 3. The van der Waals surface area contributed by atoms with Crippen molar-refractivity contribution in [3.63, 3.8) is 0 Å². The zero-order valence-electron chi connectivity index (χ0n) is 17.2. The van der Waals surface area contributed by atoms with Crippen LogP contribution in [-0.2, 0) is 0 Å². The van der Waals surface area contributed by atoms with Gasteiger partial charge >= 0.3 is 0 Å². The van der Waals surface area contributed by atoms with Crippen LogP contribution in [0.15, 0.2) is 36.4 Å². The maximum absolute atomic E-state index is 5.97. The molecule has 0 amide bonds. The van der Waals surface area contributed by atoms with E-state index in [0.717, 1.165) is 33.6 Å². The lowest BCUT2D eigenvalue weighted by atomic mass is 10.0. The van der Waals surface area contributed by atoms with Crippen LogP contribution in [-0.4, -0.2) is 27.1 Å². The third kappa shape index (κ3) is 3.02.